The van der Waals surface area contributed by atoms with Gasteiger partial charge < -0.3 is 10.6 Å². The van der Waals surface area contributed by atoms with Crippen molar-refractivity contribution in [2.24, 2.45) is 0 Å². The van der Waals surface area contributed by atoms with Crippen molar-refractivity contribution in [2.75, 3.05) is 5.32 Å². The average molecular weight is 310 g/mol. The molecule has 0 saturated heterocycles. The van der Waals surface area contributed by atoms with Crippen molar-refractivity contribution in [2.45, 2.75) is 33.7 Å². The summed E-state index contributed by atoms with van der Waals surface area (Å²) in [7, 11) is 0. The molecule has 0 spiro atoms. The van der Waals surface area contributed by atoms with Crippen LogP contribution in [0.5, 0.6) is 0 Å². The highest BCUT2D eigenvalue weighted by Crippen LogP contribution is 2.14. The van der Waals surface area contributed by atoms with Gasteiger partial charge in [-0.25, -0.2) is 0 Å². The Morgan fingerprint density at radius 1 is 0.870 bits per heavy atom. The molecule has 0 aromatic heterocycles. The van der Waals surface area contributed by atoms with Gasteiger partial charge in [0.1, 0.15) is 6.42 Å². The van der Waals surface area contributed by atoms with Crippen molar-refractivity contribution in [3.05, 3.63) is 64.7 Å². The molecule has 2 aromatic rings. The maximum absolute atomic E-state index is 11.9. The topological polar surface area (TPSA) is 58.2 Å². The van der Waals surface area contributed by atoms with E-state index in [1.54, 1.807) is 0 Å². The molecule has 120 valence electrons. The van der Waals surface area contributed by atoms with Crippen molar-refractivity contribution in [1.29, 1.82) is 0 Å². The second-order valence-corrected chi connectivity index (χ2v) is 5.73. The van der Waals surface area contributed by atoms with Gasteiger partial charge in [0, 0.05) is 12.2 Å². The fraction of sp³-hybridized carbons (Fsp3) is 0.263. The predicted molar refractivity (Wildman–Crippen MR) is 92.2 cm³/mol. The summed E-state index contributed by atoms with van der Waals surface area (Å²) in [5.41, 5.74) is 5.15. The van der Waals surface area contributed by atoms with Gasteiger partial charge in [-0.15, -0.1) is 0 Å². The summed E-state index contributed by atoms with van der Waals surface area (Å²) in [6, 6.07) is 13.5. The summed E-state index contributed by atoms with van der Waals surface area (Å²) in [4.78, 5) is 23.8. The number of rotatable bonds is 5. The van der Waals surface area contributed by atoms with Gasteiger partial charge in [-0.05, 0) is 55.2 Å². The molecule has 4 nitrogen and oxygen atoms in total. The summed E-state index contributed by atoms with van der Waals surface area (Å²) in [6.45, 7) is 6.43. The first-order chi connectivity index (χ1) is 11.0. The lowest BCUT2D eigenvalue weighted by atomic mass is 10.1. The number of amides is 2. The van der Waals surface area contributed by atoms with E-state index in [9.17, 15) is 9.59 Å². The molecule has 0 atom stereocenters. The number of anilines is 1. The Bertz CT molecular complexity index is 723. The maximum Gasteiger partial charge on any atom is 0.233 e. The quantitative estimate of drug-likeness (QED) is 0.833. The highest BCUT2D eigenvalue weighted by molar-refractivity contribution is 6.03. The van der Waals surface area contributed by atoms with E-state index in [2.05, 4.69) is 10.6 Å². The fourth-order valence-corrected chi connectivity index (χ4v) is 2.23. The second-order valence-electron chi connectivity index (χ2n) is 5.73. The van der Waals surface area contributed by atoms with Crippen molar-refractivity contribution in [1.82, 2.24) is 5.32 Å². The summed E-state index contributed by atoms with van der Waals surface area (Å²) in [6.07, 6.45) is -0.182. The minimum absolute atomic E-state index is 0.182. The van der Waals surface area contributed by atoms with Gasteiger partial charge in [-0.1, -0.05) is 30.3 Å². The number of carbonyl (C=O) groups excluding carboxylic acids is 2. The molecule has 2 amide bonds. The molecule has 2 N–H and O–H groups in total. The third-order valence-electron chi connectivity index (χ3n) is 3.85. The molecule has 0 saturated carbocycles. The Balaban J connectivity index is 1.84. The molecular weight excluding hydrogens is 288 g/mol. The molecule has 0 heterocycles. The van der Waals surface area contributed by atoms with Crippen molar-refractivity contribution < 1.29 is 9.59 Å². The second kappa shape index (κ2) is 7.58. The van der Waals surface area contributed by atoms with E-state index < -0.39 is 0 Å². The number of aryl methyl sites for hydroxylation is 3. The van der Waals surface area contributed by atoms with Gasteiger partial charge in [0.05, 0.1) is 0 Å². The van der Waals surface area contributed by atoms with E-state index in [4.69, 9.17) is 0 Å². The lowest BCUT2D eigenvalue weighted by molar-refractivity contribution is -0.126. The standard InChI is InChI=1S/C19H22N2O2/c1-13-8-9-17(10-15(13)3)21-19(23)11-18(22)20-12-16-7-5-4-6-14(16)2/h4-10H,11-12H2,1-3H3,(H,20,22)(H,21,23). The molecule has 2 rings (SSSR count). The minimum Gasteiger partial charge on any atom is -0.352 e. The van der Waals surface area contributed by atoms with Gasteiger partial charge >= 0.3 is 0 Å². The molecule has 23 heavy (non-hydrogen) atoms. The number of benzene rings is 2. The van der Waals surface area contributed by atoms with Crippen LogP contribution in [-0.4, -0.2) is 11.8 Å². The zero-order valence-corrected chi connectivity index (χ0v) is 13.8. The third-order valence-corrected chi connectivity index (χ3v) is 3.85. The Hall–Kier alpha value is -2.62. The highest BCUT2D eigenvalue weighted by atomic mass is 16.2. The third kappa shape index (κ3) is 4.95. The molecule has 0 unspecified atom stereocenters. The molecule has 0 bridgehead atoms. The molecule has 0 aliphatic rings. The van der Waals surface area contributed by atoms with Crippen LogP contribution in [0.15, 0.2) is 42.5 Å². The first-order valence-corrected chi connectivity index (χ1v) is 7.64. The van der Waals surface area contributed by atoms with Gasteiger partial charge in [0.25, 0.3) is 0 Å². The van der Waals surface area contributed by atoms with E-state index in [1.165, 1.54) is 5.56 Å². The van der Waals surface area contributed by atoms with Gasteiger partial charge in [0.15, 0.2) is 0 Å². The zero-order chi connectivity index (χ0) is 16.8. The monoisotopic (exact) mass is 310 g/mol. The largest absolute Gasteiger partial charge is 0.352 e. The number of hydrogen-bond acceptors (Lipinski definition) is 2. The molecule has 4 heteroatoms. The summed E-state index contributed by atoms with van der Waals surface area (Å²) >= 11 is 0. The van der Waals surface area contributed by atoms with Gasteiger partial charge in [-0.3, -0.25) is 9.59 Å². The Morgan fingerprint density at radius 2 is 1.61 bits per heavy atom. The van der Waals surface area contributed by atoms with E-state index in [1.807, 2.05) is 63.2 Å². The first-order valence-electron chi connectivity index (χ1n) is 7.64. The summed E-state index contributed by atoms with van der Waals surface area (Å²) in [5.74, 6) is -0.592. The summed E-state index contributed by atoms with van der Waals surface area (Å²) < 4.78 is 0. The van der Waals surface area contributed by atoms with Crippen LogP contribution in [0.2, 0.25) is 0 Å². The zero-order valence-electron chi connectivity index (χ0n) is 13.8. The van der Waals surface area contributed by atoms with Crippen LogP contribution >= 0.6 is 0 Å². The van der Waals surface area contributed by atoms with Gasteiger partial charge in [-0.2, -0.15) is 0 Å². The van der Waals surface area contributed by atoms with Crippen molar-refractivity contribution in [3.8, 4) is 0 Å². The molecule has 0 fully saturated rings. The van der Waals surface area contributed by atoms with Crippen LogP contribution in [0.25, 0.3) is 0 Å². The predicted octanol–water partition coefficient (Wildman–Crippen LogP) is 3.26. The lowest BCUT2D eigenvalue weighted by Crippen LogP contribution is -2.28. The average Bonchev–Trinajstić information content (AvgIpc) is 2.50. The number of nitrogens with one attached hydrogen (secondary N) is 2. The SMILES string of the molecule is Cc1ccc(NC(=O)CC(=O)NCc2ccccc2C)cc1C. The van der Waals surface area contributed by atoms with Gasteiger partial charge in [0.2, 0.25) is 11.8 Å². The number of hydrogen-bond donors (Lipinski definition) is 2. The lowest BCUT2D eigenvalue weighted by Gasteiger charge is -2.09. The molecule has 0 radical (unpaired) electrons. The van der Waals surface area contributed by atoms with E-state index in [-0.39, 0.29) is 18.2 Å². The molecular formula is C19H22N2O2. The minimum atomic E-state index is -0.310. The Kier molecular flexibility index (Phi) is 5.52. The Labute approximate surface area is 136 Å². The van der Waals surface area contributed by atoms with Crippen molar-refractivity contribution in [3.63, 3.8) is 0 Å². The molecule has 2 aromatic carbocycles. The van der Waals surface area contributed by atoms with E-state index in [0.717, 1.165) is 16.7 Å². The van der Waals surface area contributed by atoms with Crippen LogP contribution in [-0.2, 0) is 16.1 Å². The first kappa shape index (κ1) is 16.7. The van der Waals surface area contributed by atoms with Crippen LogP contribution in [0, 0.1) is 20.8 Å². The highest BCUT2D eigenvalue weighted by Gasteiger charge is 2.10. The number of carbonyl (C=O) groups is 2. The Morgan fingerprint density at radius 3 is 2.30 bits per heavy atom. The van der Waals surface area contributed by atoms with Crippen molar-refractivity contribution >= 4 is 17.5 Å². The maximum atomic E-state index is 11.9. The molecule has 0 aliphatic carbocycles. The van der Waals surface area contributed by atoms with Crippen LogP contribution in [0.3, 0.4) is 0 Å². The van der Waals surface area contributed by atoms with Crippen LogP contribution in [0.4, 0.5) is 5.69 Å². The van der Waals surface area contributed by atoms with Crippen LogP contribution in [0.1, 0.15) is 28.7 Å². The van der Waals surface area contributed by atoms with E-state index >= 15 is 0 Å². The summed E-state index contributed by atoms with van der Waals surface area (Å²) in [5, 5.41) is 5.53. The fourth-order valence-electron chi connectivity index (χ4n) is 2.23. The normalized spacial score (nSPS) is 10.2. The smallest absolute Gasteiger partial charge is 0.233 e. The van der Waals surface area contributed by atoms with Crippen LogP contribution < -0.4 is 10.6 Å². The molecule has 0 aliphatic heterocycles. The van der Waals surface area contributed by atoms with E-state index in [0.29, 0.717) is 12.2 Å².